The van der Waals surface area contributed by atoms with Crippen molar-refractivity contribution in [3.05, 3.63) is 59.5 Å². The Hall–Kier alpha value is -2.56. The van der Waals surface area contributed by atoms with Crippen molar-refractivity contribution < 1.29 is 14.0 Å². The molecule has 2 saturated heterocycles. The smallest absolute Gasteiger partial charge is 0.257 e. The molecule has 1 aromatic carbocycles. The zero-order valence-corrected chi connectivity index (χ0v) is 15.1. The predicted octanol–water partition coefficient (Wildman–Crippen LogP) is 3.24. The second-order valence-corrected chi connectivity index (χ2v) is 7.45. The van der Waals surface area contributed by atoms with Gasteiger partial charge in [0.1, 0.15) is 6.26 Å². The average molecular weight is 352 g/mol. The third-order valence-electron chi connectivity index (χ3n) is 5.62. The lowest BCUT2D eigenvalue weighted by Gasteiger charge is -2.30. The van der Waals surface area contributed by atoms with Crippen molar-refractivity contribution in [2.75, 3.05) is 13.1 Å². The van der Waals surface area contributed by atoms with Gasteiger partial charge in [0.15, 0.2) is 0 Å². The number of likely N-dealkylation sites (tertiary alicyclic amines) is 2. The molecule has 0 saturated carbocycles. The fourth-order valence-electron chi connectivity index (χ4n) is 4.17. The number of benzene rings is 1. The summed E-state index contributed by atoms with van der Waals surface area (Å²) in [6.07, 6.45) is 5.52. The number of hydrogen-bond donors (Lipinski definition) is 0. The standard InChI is InChI=1S/C21H24N2O3/c1-15-5-7-16(8-6-15)11-23-19-13-22(21(25)18-9-10-26-14-18)12-17(19)3-2-4-20(23)24/h5-10,14,17,19H,2-4,11-13H2,1H3/t17-,19+/m1/s1. The lowest BCUT2D eigenvalue weighted by molar-refractivity contribution is -0.133. The molecule has 2 amide bonds. The zero-order chi connectivity index (χ0) is 18.1. The van der Waals surface area contributed by atoms with E-state index < -0.39 is 0 Å². The molecule has 2 aromatic rings. The fourth-order valence-corrected chi connectivity index (χ4v) is 4.17. The topological polar surface area (TPSA) is 53.8 Å². The maximum absolute atomic E-state index is 12.7. The fraction of sp³-hybridized carbons (Fsp3) is 0.429. The molecule has 4 rings (SSSR count). The number of fused-ring (bicyclic) bond motifs is 1. The van der Waals surface area contributed by atoms with Gasteiger partial charge in [-0.15, -0.1) is 0 Å². The molecule has 1 aromatic heterocycles. The van der Waals surface area contributed by atoms with Crippen LogP contribution in [0.2, 0.25) is 0 Å². The Bertz CT molecular complexity index is 782. The van der Waals surface area contributed by atoms with E-state index in [9.17, 15) is 9.59 Å². The van der Waals surface area contributed by atoms with Gasteiger partial charge in [-0.3, -0.25) is 9.59 Å². The van der Waals surface area contributed by atoms with Crippen LogP contribution in [0.15, 0.2) is 47.3 Å². The van der Waals surface area contributed by atoms with E-state index >= 15 is 0 Å². The summed E-state index contributed by atoms with van der Waals surface area (Å²) >= 11 is 0. The van der Waals surface area contributed by atoms with Gasteiger partial charge in [-0.05, 0) is 37.3 Å². The van der Waals surface area contributed by atoms with Crippen molar-refractivity contribution in [2.24, 2.45) is 5.92 Å². The molecule has 3 heterocycles. The number of nitrogens with zero attached hydrogens (tertiary/aromatic N) is 2. The molecule has 2 aliphatic heterocycles. The molecule has 0 radical (unpaired) electrons. The molecule has 2 aliphatic rings. The largest absolute Gasteiger partial charge is 0.472 e. The van der Waals surface area contributed by atoms with E-state index in [4.69, 9.17) is 4.42 Å². The summed E-state index contributed by atoms with van der Waals surface area (Å²) in [5.41, 5.74) is 2.94. The Morgan fingerprint density at radius 3 is 2.73 bits per heavy atom. The maximum atomic E-state index is 12.7. The van der Waals surface area contributed by atoms with Crippen molar-refractivity contribution in [2.45, 2.75) is 38.8 Å². The summed E-state index contributed by atoms with van der Waals surface area (Å²) in [6, 6.07) is 10.1. The minimum Gasteiger partial charge on any atom is -0.472 e. The normalized spacial score (nSPS) is 23.0. The van der Waals surface area contributed by atoms with Crippen LogP contribution in [0.25, 0.3) is 0 Å². The molecule has 0 unspecified atom stereocenters. The molecular weight excluding hydrogens is 328 g/mol. The molecule has 0 bridgehead atoms. The Morgan fingerprint density at radius 2 is 2.00 bits per heavy atom. The van der Waals surface area contributed by atoms with Crippen LogP contribution >= 0.6 is 0 Å². The molecule has 0 N–H and O–H groups in total. The lowest BCUT2D eigenvalue weighted by atomic mass is 9.98. The number of rotatable bonds is 3. The molecule has 0 spiro atoms. The molecule has 5 nitrogen and oxygen atoms in total. The zero-order valence-electron chi connectivity index (χ0n) is 15.1. The highest BCUT2D eigenvalue weighted by Gasteiger charge is 2.42. The highest BCUT2D eigenvalue weighted by atomic mass is 16.3. The third kappa shape index (κ3) is 3.26. The summed E-state index contributed by atoms with van der Waals surface area (Å²) in [4.78, 5) is 29.3. The summed E-state index contributed by atoms with van der Waals surface area (Å²) in [5, 5.41) is 0. The molecular formula is C21H24N2O3. The number of carbonyl (C=O) groups is 2. The van der Waals surface area contributed by atoms with Crippen molar-refractivity contribution >= 4 is 11.8 Å². The van der Waals surface area contributed by atoms with Crippen LogP contribution in [-0.2, 0) is 11.3 Å². The van der Waals surface area contributed by atoms with Crippen molar-refractivity contribution in [3.63, 3.8) is 0 Å². The highest BCUT2D eigenvalue weighted by molar-refractivity contribution is 5.94. The van der Waals surface area contributed by atoms with E-state index in [0.717, 1.165) is 18.4 Å². The predicted molar refractivity (Wildman–Crippen MR) is 97.5 cm³/mol. The van der Waals surface area contributed by atoms with E-state index in [-0.39, 0.29) is 17.9 Å². The van der Waals surface area contributed by atoms with E-state index in [1.807, 2.05) is 9.80 Å². The number of amides is 2. The first-order valence-corrected chi connectivity index (χ1v) is 9.28. The minimum absolute atomic E-state index is 0.00504. The van der Waals surface area contributed by atoms with E-state index in [2.05, 4.69) is 31.2 Å². The first-order valence-electron chi connectivity index (χ1n) is 9.28. The van der Waals surface area contributed by atoms with Gasteiger partial charge in [-0.1, -0.05) is 29.8 Å². The minimum atomic E-state index is -0.00504. The van der Waals surface area contributed by atoms with Crippen molar-refractivity contribution in [1.82, 2.24) is 9.80 Å². The maximum Gasteiger partial charge on any atom is 0.257 e. The Balaban J connectivity index is 1.54. The molecule has 26 heavy (non-hydrogen) atoms. The van der Waals surface area contributed by atoms with E-state index in [0.29, 0.717) is 37.5 Å². The Kier molecular flexibility index (Phi) is 4.53. The molecule has 136 valence electrons. The number of aryl methyl sites for hydroxylation is 1. The van der Waals surface area contributed by atoms with E-state index in [1.54, 1.807) is 6.07 Å². The average Bonchev–Trinajstić information content (AvgIpc) is 3.28. The Morgan fingerprint density at radius 1 is 1.19 bits per heavy atom. The summed E-state index contributed by atoms with van der Waals surface area (Å²) < 4.78 is 5.05. The van der Waals surface area contributed by atoms with Gasteiger partial charge in [0.05, 0.1) is 17.9 Å². The quantitative estimate of drug-likeness (QED) is 0.852. The van der Waals surface area contributed by atoms with Crippen LogP contribution in [0.5, 0.6) is 0 Å². The van der Waals surface area contributed by atoms with Gasteiger partial charge in [0.25, 0.3) is 5.91 Å². The first kappa shape index (κ1) is 16.9. The highest BCUT2D eigenvalue weighted by Crippen LogP contribution is 2.32. The van der Waals surface area contributed by atoms with Crippen LogP contribution in [0.4, 0.5) is 0 Å². The third-order valence-corrected chi connectivity index (χ3v) is 5.62. The molecule has 2 fully saturated rings. The van der Waals surface area contributed by atoms with Gasteiger partial charge < -0.3 is 14.2 Å². The first-order chi connectivity index (χ1) is 12.6. The van der Waals surface area contributed by atoms with Crippen LogP contribution < -0.4 is 0 Å². The van der Waals surface area contributed by atoms with Gasteiger partial charge in [-0.25, -0.2) is 0 Å². The monoisotopic (exact) mass is 352 g/mol. The van der Waals surface area contributed by atoms with Gasteiger partial charge >= 0.3 is 0 Å². The van der Waals surface area contributed by atoms with Crippen molar-refractivity contribution in [1.29, 1.82) is 0 Å². The molecule has 2 atom stereocenters. The number of carbonyl (C=O) groups excluding carboxylic acids is 2. The van der Waals surface area contributed by atoms with Crippen LogP contribution in [0, 0.1) is 12.8 Å². The molecule has 5 heteroatoms. The van der Waals surface area contributed by atoms with E-state index in [1.165, 1.54) is 18.1 Å². The Labute approximate surface area is 153 Å². The lowest BCUT2D eigenvalue weighted by Crippen LogP contribution is -2.43. The summed E-state index contributed by atoms with van der Waals surface area (Å²) in [5.74, 6) is 0.549. The number of hydrogen-bond acceptors (Lipinski definition) is 3. The van der Waals surface area contributed by atoms with Crippen LogP contribution in [0.3, 0.4) is 0 Å². The van der Waals surface area contributed by atoms with Gasteiger partial charge in [0.2, 0.25) is 5.91 Å². The summed E-state index contributed by atoms with van der Waals surface area (Å²) in [7, 11) is 0. The van der Waals surface area contributed by atoms with Crippen molar-refractivity contribution in [3.8, 4) is 0 Å². The van der Waals surface area contributed by atoms with Crippen LogP contribution in [0.1, 0.15) is 40.7 Å². The number of furan rings is 1. The van der Waals surface area contributed by atoms with Gasteiger partial charge in [0, 0.05) is 26.1 Å². The van der Waals surface area contributed by atoms with Crippen LogP contribution in [-0.4, -0.2) is 40.7 Å². The van der Waals surface area contributed by atoms with Gasteiger partial charge in [-0.2, -0.15) is 0 Å². The second kappa shape index (κ2) is 6.98. The summed E-state index contributed by atoms with van der Waals surface area (Å²) in [6.45, 7) is 4.00. The molecule has 0 aliphatic carbocycles. The second-order valence-electron chi connectivity index (χ2n) is 7.45. The SMILES string of the molecule is Cc1ccc(CN2C(=O)CCC[C@@H]3CN(C(=O)c4ccoc4)C[C@@H]32)cc1.